The maximum Gasteiger partial charge on any atom is 0.177 e. The highest BCUT2D eigenvalue weighted by molar-refractivity contribution is 7.99. The third-order valence-corrected chi connectivity index (χ3v) is 4.09. The summed E-state index contributed by atoms with van der Waals surface area (Å²) in [7, 11) is 0. The maximum atomic E-state index is 4.37. The van der Waals surface area contributed by atoms with Crippen LogP contribution in [0.2, 0.25) is 0 Å². The molecule has 3 heterocycles. The molecule has 20 heavy (non-hydrogen) atoms. The molecule has 0 atom stereocenters. The molecule has 96 valence electrons. The Kier molecular flexibility index (Phi) is 2.60. The van der Waals surface area contributed by atoms with E-state index in [0.717, 1.165) is 26.3 Å². The molecule has 0 saturated heterocycles. The standard InChI is InChI=1S/C14H9N5S/c1-2-4-11-10(3-1)12(5-6-16-11)20-13-7-15-8-19-9-17-18-14(13)19/h1-9H. The Hall–Kier alpha value is -2.47. The maximum absolute atomic E-state index is 4.37. The SMILES string of the molecule is c1ccc2c(Sc3cncn4cnnc34)ccnc2c1. The van der Waals surface area contributed by atoms with Crippen molar-refractivity contribution >= 4 is 28.3 Å². The monoisotopic (exact) mass is 279 g/mol. The number of hydrogen-bond acceptors (Lipinski definition) is 5. The Balaban J connectivity index is 1.87. The summed E-state index contributed by atoms with van der Waals surface area (Å²) in [5.74, 6) is 0. The first-order valence-corrected chi connectivity index (χ1v) is 6.88. The fourth-order valence-electron chi connectivity index (χ4n) is 2.08. The number of rotatable bonds is 2. The van der Waals surface area contributed by atoms with Crippen molar-refractivity contribution in [3.8, 4) is 0 Å². The second kappa shape index (κ2) is 4.57. The highest BCUT2D eigenvalue weighted by atomic mass is 32.2. The highest BCUT2D eigenvalue weighted by Gasteiger charge is 2.08. The molecular formula is C14H9N5S. The topological polar surface area (TPSA) is 56.0 Å². The van der Waals surface area contributed by atoms with Gasteiger partial charge in [-0.25, -0.2) is 4.98 Å². The second-order valence-electron chi connectivity index (χ2n) is 4.25. The van der Waals surface area contributed by atoms with Crippen molar-refractivity contribution in [1.29, 1.82) is 0 Å². The molecule has 0 saturated carbocycles. The van der Waals surface area contributed by atoms with Gasteiger partial charge in [-0.2, -0.15) is 0 Å². The Morgan fingerprint density at radius 3 is 2.95 bits per heavy atom. The van der Waals surface area contributed by atoms with Crippen LogP contribution in [0.4, 0.5) is 0 Å². The number of fused-ring (bicyclic) bond motifs is 2. The fourth-order valence-corrected chi connectivity index (χ4v) is 3.08. The van der Waals surface area contributed by atoms with Gasteiger partial charge < -0.3 is 0 Å². The van der Waals surface area contributed by atoms with E-state index in [1.807, 2.05) is 41.1 Å². The van der Waals surface area contributed by atoms with E-state index in [-0.39, 0.29) is 0 Å². The van der Waals surface area contributed by atoms with Gasteiger partial charge in [0.15, 0.2) is 5.65 Å². The number of aromatic nitrogens is 5. The van der Waals surface area contributed by atoms with Gasteiger partial charge >= 0.3 is 0 Å². The summed E-state index contributed by atoms with van der Waals surface area (Å²) in [6.45, 7) is 0. The van der Waals surface area contributed by atoms with Crippen molar-refractivity contribution in [2.24, 2.45) is 0 Å². The molecular weight excluding hydrogens is 270 g/mol. The number of pyridine rings is 1. The van der Waals surface area contributed by atoms with Gasteiger partial charge in [-0.05, 0) is 12.1 Å². The Labute approximate surface area is 118 Å². The minimum absolute atomic E-state index is 0.811. The molecule has 0 N–H and O–H groups in total. The molecule has 5 nitrogen and oxygen atoms in total. The van der Waals surface area contributed by atoms with Crippen LogP contribution in [-0.2, 0) is 0 Å². The van der Waals surface area contributed by atoms with E-state index in [1.165, 1.54) is 0 Å². The number of nitrogens with zero attached hydrogens (tertiary/aromatic N) is 5. The lowest BCUT2D eigenvalue weighted by Crippen LogP contribution is -1.89. The normalized spacial score (nSPS) is 11.2. The van der Waals surface area contributed by atoms with Gasteiger partial charge in [-0.1, -0.05) is 30.0 Å². The lowest BCUT2D eigenvalue weighted by atomic mass is 10.2. The fraction of sp³-hybridized carbons (Fsp3) is 0. The average molecular weight is 279 g/mol. The predicted molar refractivity (Wildman–Crippen MR) is 76.6 cm³/mol. The molecule has 0 bridgehead atoms. The minimum atomic E-state index is 0.811. The molecule has 0 aliphatic carbocycles. The van der Waals surface area contributed by atoms with Gasteiger partial charge in [0, 0.05) is 22.7 Å². The van der Waals surface area contributed by atoms with E-state index in [9.17, 15) is 0 Å². The van der Waals surface area contributed by atoms with Crippen LogP contribution in [0.15, 0.2) is 65.2 Å². The molecule has 0 fully saturated rings. The number of hydrogen-bond donors (Lipinski definition) is 0. The smallest absolute Gasteiger partial charge is 0.177 e. The van der Waals surface area contributed by atoms with Crippen molar-refractivity contribution in [2.75, 3.05) is 0 Å². The molecule has 6 heteroatoms. The molecule has 1 aromatic carbocycles. The van der Waals surface area contributed by atoms with Crippen LogP contribution >= 0.6 is 11.8 Å². The molecule has 0 aliphatic heterocycles. The first-order valence-electron chi connectivity index (χ1n) is 6.07. The van der Waals surface area contributed by atoms with Gasteiger partial charge in [0.25, 0.3) is 0 Å². The molecule has 0 amide bonds. The molecule has 0 radical (unpaired) electrons. The number of para-hydroxylation sites is 1. The van der Waals surface area contributed by atoms with E-state index in [2.05, 4.69) is 26.2 Å². The van der Waals surface area contributed by atoms with Crippen LogP contribution in [-0.4, -0.2) is 24.6 Å². The zero-order chi connectivity index (χ0) is 13.4. The first-order chi connectivity index (χ1) is 9.92. The summed E-state index contributed by atoms with van der Waals surface area (Å²) < 4.78 is 1.81. The quantitative estimate of drug-likeness (QED) is 0.564. The van der Waals surface area contributed by atoms with Gasteiger partial charge in [0.1, 0.15) is 12.7 Å². The van der Waals surface area contributed by atoms with E-state index in [4.69, 9.17) is 0 Å². The van der Waals surface area contributed by atoms with E-state index in [0.29, 0.717) is 0 Å². The summed E-state index contributed by atoms with van der Waals surface area (Å²) in [6, 6.07) is 10.1. The zero-order valence-corrected chi connectivity index (χ0v) is 11.2. The highest BCUT2D eigenvalue weighted by Crippen LogP contribution is 2.33. The van der Waals surface area contributed by atoms with Crippen molar-refractivity contribution < 1.29 is 0 Å². The largest absolute Gasteiger partial charge is 0.271 e. The summed E-state index contributed by atoms with van der Waals surface area (Å²) in [6.07, 6.45) is 6.98. The lowest BCUT2D eigenvalue weighted by Gasteiger charge is -2.05. The summed E-state index contributed by atoms with van der Waals surface area (Å²) in [4.78, 5) is 10.7. The minimum Gasteiger partial charge on any atom is -0.271 e. The van der Waals surface area contributed by atoms with Crippen LogP contribution in [0, 0.1) is 0 Å². The van der Waals surface area contributed by atoms with Crippen LogP contribution in [0.3, 0.4) is 0 Å². The summed E-state index contributed by atoms with van der Waals surface area (Å²) in [5.41, 5.74) is 1.80. The van der Waals surface area contributed by atoms with Crippen molar-refractivity contribution in [1.82, 2.24) is 24.6 Å². The van der Waals surface area contributed by atoms with Crippen molar-refractivity contribution in [2.45, 2.75) is 9.79 Å². The first kappa shape index (κ1) is 11.4. The van der Waals surface area contributed by atoms with Gasteiger partial charge in [0.05, 0.1) is 10.4 Å². The predicted octanol–water partition coefficient (Wildman–Crippen LogP) is 2.82. The van der Waals surface area contributed by atoms with Crippen LogP contribution in [0.1, 0.15) is 0 Å². The molecule has 0 unspecified atom stereocenters. The third kappa shape index (κ3) is 1.81. The van der Waals surface area contributed by atoms with Crippen molar-refractivity contribution in [3.63, 3.8) is 0 Å². The second-order valence-corrected chi connectivity index (χ2v) is 5.33. The van der Waals surface area contributed by atoms with E-state index in [1.54, 1.807) is 24.4 Å². The Morgan fingerprint density at radius 2 is 1.95 bits per heavy atom. The van der Waals surface area contributed by atoms with Crippen molar-refractivity contribution in [3.05, 3.63) is 55.4 Å². The molecule has 3 aromatic heterocycles. The molecule has 0 spiro atoms. The Bertz CT molecular complexity index is 897. The third-order valence-electron chi connectivity index (χ3n) is 3.01. The average Bonchev–Trinajstić information content (AvgIpc) is 2.97. The lowest BCUT2D eigenvalue weighted by molar-refractivity contribution is 1.04. The summed E-state index contributed by atoms with van der Waals surface area (Å²) >= 11 is 1.63. The van der Waals surface area contributed by atoms with Gasteiger partial charge in [-0.15, -0.1) is 10.2 Å². The molecule has 4 aromatic rings. The molecule has 4 rings (SSSR count). The number of benzene rings is 1. The molecule has 0 aliphatic rings. The van der Waals surface area contributed by atoms with Gasteiger partial charge in [-0.3, -0.25) is 9.38 Å². The zero-order valence-electron chi connectivity index (χ0n) is 10.3. The summed E-state index contributed by atoms with van der Waals surface area (Å²) in [5, 5.41) is 9.17. The van der Waals surface area contributed by atoms with Gasteiger partial charge in [0.2, 0.25) is 0 Å². The van der Waals surface area contributed by atoms with E-state index >= 15 is 0 Å². The van der Waals surface area contributed by atoms with Crippen LogP contribution < -0.4 is 0 Å². The van der Waals surface area contributed by atoms with Crippen LogP contribution in [0.25, 0.3) is 16.6 Å². The Morgan fingerprint density at radius 1 is 1.00 bits per heavy atom. The van der Waals surface area contributed by atoms with Crippen LogP contribution in [0.5, 0.6) is 0 Å². The van der Waals surface area contributed by atoms with E-state index < -0.39 is 0 Å².